The van der Waals surface area contributed by atoms with Crippen LogP contribution in [-0.2, 0) is 6.18 Å². The van der Waals surface area contributed by atoms with Crippen molar-refractivity contribution >= 4 is 11.8 Å². The van der Waals surface area contributed by atoms with Crippen molar-refractivity contribution in [3.05, 3.63) is 23.9 Å². The summed E-state index contributed by atoms with van der Waals surface area (Å²) in [4.78, 5) is 16.0. The van der Waals surface area contributed by atoms with E-state index in [1.54, 1.807) is 14.1 Å². The number of alkyl halides is 3. The van der Waals surface area contributed by atoms with E-state index in [0.717, 1.165) is 6.07 Å². The molecule has 0 radical (unpaired) electrons. The summed E-state index contributed by atoms with van der Waals surface area (Å²) >= 11 is 0. The Hall–Kier alpha value is -1.99. The topological polar surface area (TPSA) is 57.3 Å². The van der Waals surface area contributed by atoms with E-state index in [2.05, 4.69) is 15.6 Å². The number of carbonyl (C=O) groups excluding carboxylic acids is 1. The molecule has 0 fully saturated rings. The first-order chi connectivity index (χ1) is 8.80. The van der Waals surface area contributed by atoms with Gasteiger partial charge in [0.2, 0.25) is 0 Å². The fraction of sp³-hybridized carbons (Fsp3) is 0.455. The largest absolute Gasteiger partial charge is 0.433 e. The third-order valence-electron chi connectivity index (χ3n) is 2.15. The average molecular weight is 276 g/mol. The molecule has 2 N–H and O–H groups in total. The van der Waals surface area contributed by atoms with Gasteiger partial charge in [-0.1, -0.05) is 6.07 Å². The molecule has 8 heteroatoms. The summed E-state index contributed by atoms with van der Waals surface area (Å²) in [6, 6.07) is 3.34. The van der Waals surface area contributed by atoms with Crippen molar-refractivity contribution in [2.75, 3.05) is 32.5 Å². The van der Waals surface area contributed by atoms with Crippen LogP contribution in [0.5, 0.6) is 0 Å². The van der Waals surface area contributed by atoms with Gasteiger partial charge in [-0.05, 0) is 12.1 Å². The van der Waals surface area contributed by atoms with E-state index in [0.29, 0.717) is 0 Å². The van der Waals surface area contributed by atoms with Crippen LogP contribution in [0, 0.1) is 0 Å². The molecule has 1 heterocycles. The van der Waals surface area contributed by atoms with Crippen LogP contribution in [0.15, 0.2) is 18.2 Å². The number of anilines is 1. The second-order valence-electron chi connectivity index (χ2n) is 3.96. The lowest BCUT2D eigenvalue weighted by Crippen LogP contribution is -2.37. The second kappa shape index (κ2) is 6.26. The number of urea groups is 1. The fourth-order valence-electron chi connectivity index (χ4n) is 1.21. The molecule has 5 nitrogen and oxygen atoms in total. The van der Waals surface area contributed by atoms with Crippen LogP contribution in [0.3, 0.4) is 0 Å². The zero-order chi connectivity index (χ0) is 14.5. The van der Waals surface area contributed by atoms with Crippen LogP contribution < -0.4 is 10.6 Å². The van der Waals surface area contributed by atoms with Crippen LogP contribution in [0.2, 0.25) is 0 Å². The highest BCUT2D eigenvalue weighted by atomic mass is 19.4. The maximum Gasteiger partial charge on any atom is 0.433 e. The van der Waals surface area contributed by atoms with E-state index in [-0.39, 0.29) is 24.9 Å². The number of nitrogens with zero attached hydrogens (tertiary/aromatic N) is 2. The summed E-state index contributed by atoms with van der Waals surface area (Å²) < 4.78 is 37.2. The number of hydrogen-bond acceptors (Lipinski definition) is 3. The Kier molecular flexibility index (Phi) is 4.96. The highest BCUT2D eigenvalue weighted by Crippen LogP contribution is 2.27. The van der Waals surface area contributed by atoms with Crippen molar-refractivity contribution in [3.63, 3.8) is 0 Å². The maximum atomic E-state index is 12.4. The van der Waals surface area contributed by atoms with E-state index >= 15 is 0 Å². The molecule has 19 heavy (non-hydrogen) atoms. The van der Waals surface area contributed by atoms with Gasteiger partial charge in [0.1, 0.15) is 11.5 Å². The third kappa shape index (κ3) is 5.02. The summed E-state index contributed by atoms with van der Waals surface area (Å²) in [5, 5.41) is 5.28. The Morgan fingerprint density at radius 3 is 2.58 bits per heavy atom. The molecule has 0 bridgehead atoms. The van der Waals surface area contributed by atoms with Crippen LogP contribution in [0.1, 0.15) is 5.69 Å². The van der Waals surface area contributed by atoms with Crippen LogP contribution in [0.4, 0.5) is 23.8 Å². The number of amides is 2. The summed E-state index contributed by atoms with van der Waals surface area (Å²) in [5.41, 5.74) is -0.949. The minimum absolute atomic E-state index is 0.119. The van der Waals surface area contributed by atoms with E-state index in [4.69, 9.17) is 0 Å². The van der Waals surface area contributed by atoms with Gasteiger partial charge in [0, 0.05) is 27.2 Å². The van der Waals surface area contributed by atoms with Crippen molar-refractivity contribution in [3.8, 4) is 0 Å². The Balaban J connectivity index is 2.44. The van der Waals surface area contributed by atoms with E-state index < -0.39 is 11.9 Å². The van der Waals surface area contributed by atoms with Crippen LogP contribution in [-0.4, -0.2) is 43.1 Å². The molecule has 1 aromatic heterocycles. The number of halogens is 3. The molecular weight excluding hydrogens is 261 g/mol. The first-order valence-electron chi connectivity index (χ1n) is 5.54. The Labute approximate surface area is 108 Å². The van der Waals surface area contributed by atoms with E-state index in [1.165, 1.54) is 17.0 Å². The number of carbonyl (C=O) groups is 1. The minimum atomic E-state index is -4.46. The zero-order valence-corrected chi connectivity index (χ0v) is 10.6. The molecule has 0 aromatic carbocycles. The van der Waals surface area contributed by atoms with Gasteiger partial charge in [-0.25, -0.2) is 9.78 Å². The smallest absolute Gasteiger partial charge is 0.368 e. The molecule has 0 aliphatic heterocycles. The maximum absolute atomic E-state index is 12.4. The molecule has 0 aliphatic rings. The molecule has 0 spiro atoms. The normalized spacial score (nSPS) is 11.0. The molecule has 0 saturated carbocycles. The van der Waals surface area contributed by atoms with Gasteiger partial charge in [-0.15, -0.1) is 0 Å². The second-order valence-corrected chi connectivity index (χ2v) is 3.96. The summed E-state index contributed by atoms with van der Waals surface area (Å²) in [7, 11) is 3.19. The summed E-state index contributed by atoms with van der Waals surface area (Å²) in [5.74, 6) is 0.119. The average Bonchev–Trinajstić information content (AvgIpc) is 2.33. The fourth-order valence-corrected chi connectivity index (χ4v) is 1.21. The van der Waals surface area contributed by atoms with Gasteiger partial charge in [-0.2, -0.15) is 13.2 Å². The van der Waals surface area contributed by atoms with Gasteiger partial charge in [0.25, 0.3) is 0 Å². The molecule has 1 aromatic rings. The standard InChI is InChI=1S/C11H15F3N4O/c1-18(2)10(19)16-7-6-15-9-5-3-4-8(17-9)11(12,13)14/h3-5H,6-7H2,1-2H3,(H,15,17)(H,16,19). The number of rotatable bonds is 4. The van der Waals surface area contributed by atoms with E-state index in [9.17, 15) is 18.0 Å². The quantitative estimate of drug-likeness (QED) is 0.824. The minimum Gasteiger partial charge on any atom is -0.368 e. The molecule has 106 valence electrons. The number of nitrogens with one attached hydrogen (secondary N) is 2. The predicted octanol–water partition coefficient (Wildman–Crippen LogP) is 1.78. The lowest BCUT2D eigenvalue weighted by molar-refractivity contribution is -0.141. The molecule has 1 rings (SSSR count). The van der Waals surface area contributed by atoms with Crippen molar-refractivity contribution in [2.24, 2.45) is 0 Å². The van der Waals surface area contributed by atoms with Gasteiger partial charge < -0.3 is 15.5 Å². The van der Waals surface area contributed by atoms with Gasteiger partial charge in [0.15, 0.2) is 0 Å². The molecule has 2 amide bonds. The van der Waals surface area contributed by atoms with Crippen molar-refractivity contribution in [1.82, 2.24) is 15.2 Å². The van der Waals surface area contributed by atoms with Crippen LogP contribution >= 0.6 is 0 Å². The SMILES string of the molecule is CN(C)C(=O)NCCNc1cccc(C(F)(F)F)n1. The highest BCUT2D eigenvalue weighted by molar-refractivity contribution is 5.73. The summed E-state index contributed by atoms with van der Waals surface area (Å²) in [6.45, 7) is 0.572. The monoisotopic (exact) mass is 276 g/mol. The summed E-state index contributed by atoms with van der Waals surface area (Å²) in [6.07, 6.45) is -4.46. The Bertz CT molecular complexity index is 434. The lowest BCUT2D eigenvalue weighted by Gasteiger charge is -2.13. The van der Waals surface area contributed by atoms with Gasteiger partial charge in [0.05, 0.1) is 0 Å². The van der Waals surface area contributed by atoms with Gasteiger partial charge >= 0.3 is 12.2 Å². The van der Waals surface area contributed by atoms with Crippen LogP contribution in [0.25, 0.3) is 0 Å². The lowest BCUT2D eigenvalue weighted by atomic mass is 10.3. The molecule has 0 saturated heterocycles. The third-order valence-corrected chi connectivity index (χ3v) is 2.15. The first kappa shape index (κ1) is 15.1. The highest BCUT2D eigenvalue weighted by Gasteiger charge is 2.32. The molecule has 0 atom stereocenters. The number of hydrogen-bond donors (Lipinski definition) is 2. The van der Waals surface area contributed by atoms with E-state index in [1.807, 2.05) is 0 Å². The zero-order valence-electron chi connectivity index (χ0n) is 10.6. The Morgan fingerprint density at radius 2 is 2.00 bits per heavy atom. The van der Waals surface area contributed by atoms with Crippen molar-refractivity contribution in [1.29, 1.82) is 0 Å². The number of pyridine rings is 1. The van der Waals surface area contributed by atoms with Gasteiger partial charge in [-0.3, -0.25) is 0 Å². The van der Waals surface area contributed by atoms with Crippen molar-refractivity contribution < 1.29 is 18.0 Å². The molecular formula is C11H15F3N4O. The predicted molar refractivity (Wildman–Crippen MR) is 64.8 cm³/mol. The first-order valence-corrected chi connectivity index (χ1v) is 5.54. The molecule has 0 unspecified atom stereocenters. The van der Waals surface area contributed by atoms with Crippen molar-refractivity contribution in [2.45, 2.75) is 6.18 Å². The number of aromatic nitrogens is 1. The molecule has 0 aliphatic carbocycles. The Morgan fingerprint density at radius 1 is 1.32 bits per heavy atom.